The van der Waals surface area contributed by atoms with Crippen molar-refractivity contribution in [3.8, 4) is 0 Å². The molecule has 1 aliphatic rings. The normalized spacial score (nSPS) is 26.4. The van der Waals surface area contributed by atoms with Crippen LogP contribution in [0, 0.1) is 11.8 Å². The maximum Gasteiger partial charge on any atom is 0.139 e. The first-order valence-electron chi connectivity index (χ1n) is 9.81. The van der Waals surface area contributed by atoms with Crippen molar-refractivity contribution in [1.29, 1.82) is 0 Å². The van der Waals surface area contributed by atoms with Crippen molar-refractivity contribution in [3.05, 3.63) is 12.2 Å². The van der Waals surface area contributed by atoms with Gasteiger partial charge in [-0.3, -0.25) is 4.79 Å². The van der Waals surface area contributed by atoms with Gasteiger partial charge in [0.15, 0.2) is 0 Å². The van der Waals surface area contributed by atoms with E-state index in [9.17, 15) is 20.1 Å². The highest BCUT2D eigenvalue weighted by Gasteiger charge is 2.39. The lowest BCUT2D eigenvalue weighted by molar-refractivity contribution is -0.121. The van der Waals surface area contributed by atoms with Crippen LogP contribution >= 0.6 is 0 Å². The van der Waals surface area contributed by atoms with Gasteiger partial charge in [-0.2, -0.15) is 0 Å². The van der Waals surface area contributed by atoms with Gasteiger partial charge < -0.3 is 20.4 Å². The summed E-state index contributed by atoms with van der Waals surface area (Å²) in [7, 11) is 0. The monoisotopic (exact) mass is 356 g/mol. The molecule has 0 bridgehead atoms. The van der Waals surface area contributed by atoms with Crippen LogP contribution in [0.25, 0.3) is 0 Å². The van der Waals surface area contributed by atoms with E-state index in [4.69, 9.17) is 5.11 Å². The van der Waals surface area contributed by atoms with Crippen molar-refractivity contribution < 1.29 is 25.2 Å². The molecule has 5 atom stereocenters. The Bertz CT molecular complexity index is 394. The Morgan fingerprint density at radius 3 is 2.44 bits per heavy atom. The fourth-order valence-electron chi connectivity index (χ4n) is 3.57. The van der Waals surface area contributed by atoms with Crippen molar-refractivity contribution in [2.75, 3.05) is 6.61 Å². The van der Waals surface area contributed by atoms with Crippen molar-refractivity contribution >= 4 is 5.78 Å². The summed E-state index contributed by atoms with van der Waals surface area (Å²) in [6.07, 6.45) is 9.79. The predicted octanol–water partition coefficient (Wildman–Crippen LogP) is 2.35. The number of ketones is 1. The van der Waals surface area contributed by atoms with E-state index >= 15 is 0 Å². The maximum absolute atomic E-state index is 12.1. The minimum absolute atomic E-state index is 0.126. The molecule has 0 radical (unpaired) electrons. The number of carbonyl (C=O) groups excluding carboxylic acids is 1. The van der Waals surface area contributed by atoms with Gasteiger partial charge in [0.1, 0.15) is 5.78 Å². The number of hydrogen-bond donors (Lipinski definition) is 4. The van der Waals surface area contributed by atoms with E-state index in [0.717, 1.165) is 44.9 Å². The first-order valence-corrected chi connectivity index (χ1v) is 9.81. The molecule has 1 rings (SSSR count). The summed E-state index contributed by atoms with van der Waals surface area (Å²) < 4.78 is 0. The number of aliphatic hydroxyl groups excluding tert-OH is 4. The van der Waals surface area contributed by atoms with Crippen LogP contribution < -0.4 is 0 Å². The molecule has 1 aliphatic carbocycles. The van der Waals surface area contributed by atoms with Gasteiger partial charge in [0.05, 0.1) is 18.3 Å². The molecule has 5 heteroatoms. The minimum atomic E-state index is -0.646. The molecule has 0 aromatic carbocycles. The molecular weight excluding hydrogens is 320 g/mol. The van der Waals surface area contributed by atoms with Crippen LogP contribution in [0.5, 0.6) is 0 Å². The van der Waals surface area contributed by atoms with Gasteiger partial charge in [0.2, 0.25) is 0 Å². The Labute approximate surface area is 151 Å². The second-order valence-corrected chi connectivity index (χ2v) is 7.43. The van der Waals surface area contributed by atoms with Crippen LogP contribution in [0.3, 0.4) is 0 Å². The van der Waals surface area contributed by atoms with Gasteiger partial charge in [-0.05, 0) is 39.0 Å². The number of aliphatic hydroxyl groups is 4. The number of rotatable bonds is 13. The molecule has 5 nitrogen and oxygen atoms in total. The quantitative estimate of drug-likeness (QED) is 0.300. The highest BCUT2D eigenvalue weighted by molar-refractivity contribution is 5.84. The topological polar surface area (TPSA) is 98.0 Å². The highest BCUT2D eigenvalue weighted by Crippen LogP contribution is 2.34. The molecule has 0 aromatic rings. The third-order valence-corrected chi connectivity index (χ3v) is 5.08. The van der Waals surface area contributed by atoms with Crippen LogP contribution in [-0.4, -0.2) is 51.1 Å². The van der Waals surface area contributed by atoms with Gasteiger partial charge in [-0.25, -0.2) is 0 Å². The third-order valence-electron chi connectivity index (χ3n) is 5.08. The molecular formula is C20H36O5. The fraction of sp³-hybridized carbons (Fsp3) is 0.850. The zero-order valence-electron chi connectivity index (χ0n) is 15.5. The van der Waals surface area contributed by atoms with Crippen LogP contribution in [0.4, 0.5) is 0 Å². The molecule has 1 saturated carbocycles. The largest absolute Gasteiger partial charge is 0.396 e. The standard InChI is InChI=1S/C20H36O5/c1-15(22)8-7-9-16(23)11-12-18-17(19(24)14-20(18)25)10-5-3-2-4-6-13-21/h11-12,15-18,20-23,25H,2-10,13-14H2,1H3/b12-11+/t15?,16-,17+,18+,20+/m0/s1. The molecule has 0 saturated heterocycles. The summed E-state index contributed by atoms with van der Waals surface area (Å²) in [6, 6.07) is 0. The Morgan fingerprint density at radius 2 is 1.76 bits per heavy atom. The van der Waals surface area contributed by atoms with Gasteiger partial charge >= 0.3 is 0 Å². The van der Waals surface area contributed by atoms with E-state index in [1.807, 2.05) is 6.08 Å². The van der Waals surface area contributed by atoms with E-state index in [2.05, 4.69) is 0 Å². The van der Waals surface area contributed by atoms with E-state index in [-0.39, 0.29) is 36.8 Å². The molecule has 25 heavy (non-hydrogen) atoms. The second kappa shape index (κ2) is 12.6. The average molecular weight is 357 g/mol. The van der Waals surface area contributed by atoms with Crippen LogP contribution in [-0.2, 0) is 4.79 Å². The summed E-state index contributed by atoms with van der Waals surface area (Å²) in [5.41, 5.74) is 0. The predicted molar refractivity (Wildman–Crippen MR) is 98.1 cm³/mol. The van der Waals surface area contributed by atoms with Gasteiger partial charge in [0, 0.05) is 24.9 Å². The molecule has 0 aromatic heterocycles. The molecule has 0 amide bonds. The fourth-order valence-corrected chi connectivity index (χ4v) is 3.57. The summed E-state index contributed by atoms with van der Waals surface area (Å²) in [6.45, 7) is 1.97. The zero-order valence-corrected chi connectivity index (χ0v) is 15.5. The molecule has 4 N–H and O–H groups in total. The zero-order chi connectivity index (χ0) is 18.7. The Morgan fingerprint density at radius 1 is 1.08 bits per heavy atom. The molecule has 146 valence electrons. The van der Waals surface area contributed by atoms with E-state index in [1.54, 1.807) is 13.0 Å². The van der Waals surface area contributed by atoms with Gasteiger partial charge in [0.25, 0.3) is 0 Å². The number of carbonyl (C=O) groups is 1. The lowest BCUT2D eigenvalue weighted by Gasteiger charge is -2.18. The average Bonchev–Trinajstić information content (AvgIpc) is 2.81. The van der Waals surface area contributed by atoms with Gasteiger partial charge in [-0.1, -0.05) is 37.8 Å². The highest BCUT2D eigenvalue weighted by atomic mass is 16.3. The Balaban J connectivity index is 2.40. The lowest BCUT2D eigenvalue weighted by atomic mass is 9.88. The van der Waals surface area contributed by atoms with E-state index in [1.165, 1.54) is 0 Å². The summed E-state index contributed by atoms with van der Waals surface area (Å²) in [4.78, 5) is 12.1. The van der Waals surface area contributed by atoms with Gasteiger partial charge in [-0.15, -0.1) is 0 Å². The van der Waals surface area contributed by atoms with E-state index in [0.29, 0.717) is 12.8 Å². The SMILES string of the molecule is CC(O)CCC[C@H](O)/C=C/[C@H]1[C@H](O)CC(=O)[C@@H]1CCCCCCCO. The van der Waals surface area contributed by atoms with E-state index < -0.39 is 12.2 Å². The first-order chi connectivity index (χ1) is 12.0. The van der Waals surface area contributed by atoms with Crippen molar-refractivity contribution in [2.45, 2.75) is 89.4 Å². The first kappa shape index (κ1) is 22.3. The Hall–Kier alpha value is -0.750. The molecule has 0 spiro atoms. The number of unbranched alkanes of at least 4 members (excludes halogenated alkanes) is 4. The number of hydrogen-bond acceptors (Lipinski definition) is 5. The number of Topliss-reactive ketones (excluding diaryl/α,β-unsaturated/α-hetero) is 1. The summed E-state index contributed by atoms with van der Waals surface area (Å²) in [5.74, 6) is -0.216. The molecule has 1 fully saturated rings. The minimum Gasteiger partial charge on any atom is -0.396 e. The van der Waals surface area contributed by atoms with Crippen LogP contribution in [0.1, 0.15) is 71.1 Å². The van der Waals surface area contributed by atoms with Crippen LogP contribution in [0.15, 0.2) is 12.2 Å². The van der Waals surface area contributed by atoms with Crippen molar-refractivity contribution in [1.82, 2.24) is 0 Å². The Kier molecular flexibility index (Phi) is 11.2. The maximum atomic E-state index is 12.1. The smallest absolute Gasteiger partial charge is 0.139 e. The molecule has 0 aliphatic heterocycles. The second-order valence-electron chi connectivity index (χ2n) is 7.43. The van der Waals surface area contributed by atoms with Crippen molar-refractivity contribution in [2.24, 2.45) is 11.8 Å². The van der Waals surface area contributed by atoms with Crippen LogP contribution in [0.2, 0.25) is 0 Å². The summed E-state index contributed by atoms with van der Waals surface area (Å²) >= 11 is 0. The molecule has 0 heterocycles. The third kappa shape index (κ3) is 8.95. The lowest BCUT2D eigenvalue weighted by Crippen LogP contribution is -2.19. The molecule has 1 unspecified atom stereocenters. The summed E-state index contributed by atoms with van der Waals surface area (Å²) in [5, 5.41) is 38.2. The van der Waals surface area contributed by atoms with Crippen molar-refractivity contribution in [3.63, 3.8) is 0 Å².